The molecule has 5 nitrogen and oxygen atoms in total. The summed E-state index contributed by atoms with van der Waals surface area (Å²) in [4.78, 5) is 11.5. The predicted octanol–water partition coefficient (Wildman–Crippen LogP) is 4.52. The summed E-state index contributed by atoms with van der Waals surface area (Å²) in [5.74, 6) is 1.40. The molecule has 0 aromatic heterocycles. The SMILES string of the molecule is COC(=O)Nc1cccc(OC)c1COc1ccc(Br)cc1C. The topological polar surface area (TPSA) is 56.8 Å². The van der Waals surface area contributed by atoms with E-state index in [0.717, 1.165) is 21.3 Å². The Bertz CT molecular complexity index is 703. The Morgan fingerprint density at radius 1 is 1.17 bits per heavy atom. The molecule has 0 fully saturated rings. The van der Waals surface area contributed by atoms with Crippen molar-refractivity contribution in [3.8, 4) is 11.5 Å². The number of carbonyl (C=O) groups excluding carboxylic acids is 1. The van der Waals surface area contributed by atoms with Crippen LogP contribution in [0.15, 0.2) is 40.9 Å². The number of halogens is 1. The van der Waals surface area contributed by atoms with Crippen molar-refractivity contribution in [2.24, 2.45) is 0 Å². The van der Waals surface area contributed by atoms with Crippen molar-refractivity contribution in [1.82, 2.24) is 0 Å². The van der Waals surface area contributed by atoms with Crippen LogP contribution in [0.1, 0.15) is 11.1 Å². The molecular weight excluding hydrogens is 362 g/mol. The van der Waals surface area contributed by atoms with E-state index in [1.165, 1.54) is 7.11 Å². The summed E-state index contributed by atoms with van der Waals surface area (Å²) in [6.45, 7) is 2.22. The number of hydrogen-bond donors (Lipinski definition) is 1. The molecule has 0 unspecified atom stereocenters. The lowest BCUT2D eigenvalue weighted by molar-refractivity contribution is 0.187. The second kappa shape index (κ2) is 7.87. The summed E-state index contributed by atoms with van der Waals surface area (Å²) in [7, 11) is 2.89. The minimum absolute atomic E-state index is 0.256. The second-order valence-corrected chi connectivity index (χ2v) is 5.72. The first kappa shape index (κ1) is 17.1. The second-order valence-electron chi connectivity index (χ2n) is 4.80. The molecule has 0 heterocycles. The lowest BCUT2D eigenvalue weighted by Crippen LogP contribution is -2.14. The Balaban J connectivity index is 2.24. The average molecular weight is 380 g/mol. The van der Waals surface area contributed by atoms with Crippen LogP contribution >= 0.6 is 15.9 Å². The minimum Gasteiger partial charge on any atom is -0.496 e. The van der Waals surface area contributed by atoms with Gasteiger partial charge < -0.3 is 14.2 Å². The van der Waals surface area contributed by atoms with Gasteiger partial charge in [-0.1, -0.05) is 22.0 Å². The summed E-state index contributed by atoms with van der Waals surface area (Å²) >= 11 is 3.42. The van der Waals surface area contributed by atoms with E-state index in [2.05, 4.69) is 26.0 Å². The molecule has 0 aliphatic carbocycles. The van der Waals surface area contributed by atoms with Crippen molar-refractivity contribution in [2.75, 3.05) is 19.5 Å². The Morgan fingerprint density at radius 2 is 1.96 bits per heavy atom. The van der Waals surface area contributed by atoms with Gasteiger partial charge in [0.15, 0.2) is 0 Å². The van der Waals surface area contributed by atoms with E-state index in [-0.39, 0.29) is 6.61 Å². The van der Waals surface area contributed by atoms with Gasteiger partial charge in [-0.15, -0.1) is 0 Å². The molecule has 0 aliphatic rings. The molecule has 0 atom stereocenters. The fourth-order valence-corrected chi connectivity index (χ4v) is 2.58. The van der Waals surface area contributed by atoms with Crippen LogP contribution in [-0.2, 0) is 11.3 Å². The molecule has 0 bridgehead atoms. The predicted molar refractivity (Wildman–Crippen MR) is 92.2 cm³/mol. The molecule has 0 aliphatic heterocycles. The Labute approximate surface area is 143 Å². The number of amides is 1. The monoisotopic (exact) mass is 379 g/mol. The minimum atomic E-state index is -0.542. The van der Waals surface area contributed by atoms with Gasteiger partial charge in [-0.2, -0.15) is 0 Å². The van der Waals surface area contributed by atoms with E-state index in [4.69, 9.17) is 9.47 Å². The molecule has 2 aromatic carbocycles. The first-order chi connectivity index (χ1) is 11.0. The maximum atomic E-state index is 11.5. The van der Waals surface area contributed by atoms with Crippen molar-refractivity contribution < 1.29 is 19.0 Å². The van der Waals surface area contributed by atoms with E-state index in [0.29, 0.717) is 11.4 Å². The summed E-state index contributed by atoms with van der Waals surface area (Å²) in [5, 5.41) is 2.67. The summed E-state index contributed by atoms with van der Waals surface area (Å²) in [6, 6.07) is 11.2. The smallest absolute Gasteiger partial charge is 0.411 e. The molecule has 0 spiro atoms. The van der Waals surface area contributed by atoms with Crippen molar-refractivity contribution >= 4 is 27.7 Å². The lowest BCUT2D eigenvalue weighted by atomic mass is 10.1. The van der Waals surface area contributed by atoms with Crippen LogP contribution < -0.4 is 14.8 Å². The van der Waals surface area contributed by atoms with Crippen molar-refractivity contribution in [2.45, 2.75) is 13.5 Å². The van der Waals surface area contributed by atoms with Crippen LogP contribution in [0.5, 0.6) is 11.5 Å². The molecule has 2 rings (SSSR count). The van der Waals surface area contributed by atoms with E-state index in [1.807, 2.05) is 31.2 Å². The van der Waals surface area contributed by atoms with Crippen LogP contribution in [0.2, 0.25) is 0 Å². The van der Waals surface area contributed by atoms with Crippen LogP contribution in [0.25, 0.3) is 0 Å². The molecule has 0 saturated heterocycles. The third kappa shape index (κ3) is 4.39. The van der Waals surface area contributed by atoms with Crippen LogP contribution in [-0.4, -0.2) is 20.3 Å². The van der Waals surface area contributed by atoms with Crippen LogP contribution in [0.3, 0.4) is 0 Å². The van der Waals surface area contributed by atoms with Crippen LogP contribution in [0.4, 0.5) is 10.5 Å². The third-order valence-electron chi connectivity index (χ3n) is 3.28. The van der Waals surface area contributed by atoms with Crippen molar-refractivity contribution in [3.63, 3.8) is 0 Å². The molecule has 1 N–H and O–H groups in total. The number of methoxy groups -OCH3 is 2. The first-order valence-electron chi connectivity index (χ1n) is 6.95. The number of ether oxygens (including phenoxy) is 3. The van der Waals surface area contributed by atoms with E-state index >= 15 is 0 Å². The Kier molecular flexibility index (Phi) is 5.87. The maximum absolute atomic E-state index is 11.5. The molecule has 0 radical (unpaired) electrons. The Hall–Kier alpha value is -2.21. The van der Waals surface area contributed by atoms with Gasteiger partial charge in [-0.25, -0.2) is 4.79 Å². The van der Waals surface area contributed by atoms with Crippen LogP contribution in [0, 0.1) is 6.92 Å². The van der Waals surface area contributed by atoms with Gasteiger partial charge in [0.2, 0.25) is 0 Å². The zero-order valence-electron chi connectivity index (χ0n) is 13.2. The van der Waals surface area contributed by atoms with Gasteiger partial charge in [0.1, 0.15) is 18.1 Å². The van der Waals surface area contributed by atoms with Gasteiger partial charge in [0.05, 0.1) is 25.5 Å². The highest BCUT2D eigenvalue weighted by atomic mass is 79.9. The van der Waals surface area contributed by atoms with Crippen molar-refractivity contribution in [3.05, 3.63) is 52.0 Å². The number of aryl methyl sites for hydroxylation is 1. The molecule has 122 valence electrons. The molecule has 6 heteroatoms. The number of hydrogen-bond acceptors (Lipinski definition) is 4. The fourth-order valence-electron chi connectivity index (χ4n) is 2.11. The Morgan fingerprint density at radius 3 is 2.61 bits per heavy atom. The highest BCUT2D eigenvalue weighted by Gasteiger charge is 2.13. The normalized spacial score (nSPS) is 10.1. The summed E-state index contributed by atoms with van der Waals surface area (Å²) < 4.78 is 16.9. The molecule has 0 saturated carbocycles. The van der Waals surface area contributed by atoms with Gasteiger partial charge >= 0.3 is 6.09 Å². The summed E-state index contributed by atoms with van der Waals surface area (Å²) in [6.07, 6.45) is -0.542. The van der Waals surface area contributed by atoms with Gasteiger partial charge in [0, 0.05) is 4.47 Å². The standard InChI is InChI=1S/C17H18BrNO4/c1-11-9-12(18)7-8-15(11)23-10-13-14(19-17(20)22-3)5-4-6-16(13)21-2/h4-9H,10H2,1-3H3,(H,19,20). The first-order valence-corrected chi connectivity index (χ1v) is 7.74. The van der Waals surface area contributed by atoms with Gasteiger partial charge in [-0.3, -0.25) is 5.32 Å². The van der Waals surface area contributed by atoms with Gasteiger partial charge in [-0.05, 0) is 42.8 Å². The number of benzene rings is 2. The highest BCUT2D eigenvalue weighted by molar-refractivity contribution is 9.10. The largest absolute Gasteiger partial charge is 0.496 e. The fraction of sp³-hybridized carbons (Fsp3) is 0.235. The van der Waals surface area contributed by atoms with Crippen molar-refractivity contribution in [1.29, 1.82) is 0 Å². The average Bonchev–Trinajstić information content (AvgIpc) is 2.54. The molecular formula is C17H18BrNO4. The third-order valence-corrected chi connectivity index (χ3v) is 3.78. The maximum Gasteiger partial charge on any atom is 0.411 e. The molecule has 2 aromatic rings. The van der Waals surface area contributed by atoms with Gasteiger partial charge in [0.25, 0.3) is 0 Å². The molecule has 1 amide bonds. The number of rotatable bonds is 5. The molecule has 23 heavy (non-hydrogen) atoms. The number of anilines is 1. The number of carbonyl (C=O) groups is 1. The summed E-state index contributed by atoms with van der Waals surface area (Å²) in [5.41, 5.74) is 2.34. The van der Waals surface area contributed by atoms with E-state index in [1.54, 1.807) is 19.2 Å². The zero-order valence-corrected chi connectivity index (χ0v) is 14.8. The zero-order chi connectivity index (χ0) is 16.8. The number of nitrogens with one attached hydrogen (secondary N) is 1. The van der Waals surface area contributed by atoms with E-state index < -0.39 is 6.09 Å². The highest BCUT2D eigenvalue weighted by Crippen LogP contribution is 2.29. The lowest BCUT2D eigenvalue weighted by Gasteiger charge is -2.16. The quantitative estimate of drug-likeness (QED) is 0.829. The van der Waals surface area contributed by atoms with E-state index in [9.17, 15) is 4.79 Å².